The van der Waals surface area contributed by atoms with Crippen LogP contribution >= 0.6 is 11.3 Å². The summed E-state index contributed by atoms with van der Waals surface area (Å²) in [5.74, 6) is -0.176. The number of piperazine rings is 1. The molecule has 1 aliphatic rings. The molecule has 134 valence electrons. The number of hydrogen-bond acceptors (Lipinski definition) is 4. The maximum atomic E-state index is 12.9. The summed E-state index contributed by atoms with van der Waals surface area (Å²) in [4.78, 5) is 34.2. The van der Waals surface area contributed by atoms with Gasteiger partial charge in [0.25, 0.3) is 5.91 Å². The van der Waals surface area contributed by atoms with Crippen molar-refractivity contribution < 1.29 is 4.79 Å². The lowest BCUT2D eigenvalue weighted by molar-refractivity contribution is 0.0628. The first-order chi connectivity index (χ1) is 12.6. The van der Waals surface area contributed by atoms with E-state index in [0.29, 0.717) is 18.5 Å². The minimum absolute atomic E-state index is 0.176. The van der Waals surface area contributed by atoms with Crippen LogP contribution in [0.25, 0.3) is 10.9 Å². The van der Waals surface area contributed by atoms with E-state index in [2.05, 4.69) is 27.4 Å². The number of nitrogens with one attached hydrogen (secondary N) is 1. The van der Waals surface area contributed by atoms with Gasteiger partial charge in [0.05, 0.1) is 5.52 Å². The van der Waals surface area contributed by atoms with E-state index in [0.717, 1.165) is 30.7 Å². The van der Waals surface area contributed by atoms with Gasteiger partial charge in [-0.2, -0.15) is 0 Å². The summed E-state index contributed by atoms with van der Waals surface area (Å²) < 4.78 is 0. The number of aromatic amines is 1. The SMILES string of the molecule is Cc1cccc2c(=O)c(C(=O)N3CCN(Cc4cccs4)CC3)c[nH]c12. The van der Waals surface area contributed by atoms with Crippen LogP contribution in [0.1, 0.15) is 20.8 Å². The van der Waals surface area contributed by atoms with Crippen molar-refractivity contribution in [1.29, 1.82) is 0 Å². The van der Waals surface area contributed by atoms with Crippen LogP contribution in [-0.2, 0) is 6.54 Å². The fourth-order valence-corrected chi connectivity index (χ4v) is 4.21. The Kier molecular flexibility index (Phi) is 4.61. The van der Waals surface area contributed by atoms with E-state index in [1.54, 1.807) is 28.5 Å². The van der Waals surface area contributed by atoms with Gasteiger partial charge < -0.3 is 9.88 Å². The summed E-state index contributed by atoms with van der Waals surface area (Å²) in [5.41, 5.74) is 1.85. The molecule has 1 aromatic carbocycles. The van der Waals surface area contributed by atoms with Crippen LogP contribution in [0, 0.1) is 6.92 Å². The number of carbonyl (C=O) groups excluding carboxylic acids is 1. The first kappa shape index (κ1) is 17.0. The van der Waals surface area contributed by atoms with E-state index in [-0.39, 0.29) is 16.9 Å². The van der Waals surface area contributed by atoms with Gasteiger partial charge in [-0.3, -0.25) is 14.5 Å². The van der Waals surface area contributed by atoms with Crippen molar-refractivity contribution in [3.63, 3.8) is 0 Å². The number of rotatable bonds is 3. The van der Waals surface area contributed by atoms with Crippen molar-refractivity contribution in [2.75, 3.05) is 26.2 Å². The summed E-state index contributed by atoms with van der Waals surface area (Å²) in [6.45, 7) is 5.83. The number of pyridine rings is 1. The average molecular weight is 367 g/mol. The Hall–Kier alpha value is -2.44. The number of thiophene rings is 1. The van der Waals surface area contributed by atoms with E-state index >= 15 is 0 Å². The Labute approximate surface area is 155 Å². The molecule has 0 saturated carbocycles. The van der Waals surface area contributed by atoms with E-state index in [1.165, 1.54) is 4.88 Å². The normalized spacial score (nSPS) is 15.5. The first-order valence-corrected chi connectivity index (χ1v) is 9.66. The van der Waals surface area contributed by atoms with Crippen LogP contribution in [0.4, 0.5) is 0 Å². The first-order valence-electron chi connectivity index (χ1n) is 8.78. The minimum atomic E-state index is -0.187. The number of nitrogens with zero attached hydrogens (tertiary/aromatic N) is 2. The van der Waals surface area contributed by atoms with Gasteiger partial charge in [0, 0.05) is 49.2 Å². The van der Waals surface area contributed by atoms with Gasteiger partial charge in [-0.1, -0.05) is 18.2 Å². The topological polar surface area (TPSA) is 56.4 Å². The van der Waals surface area contributed by atoms with Gasteiger partial charge >= 0.3 is 0 Å². The third-order valence-corrected chi connectivity index (χ3v) is 5.83. The number of aromatic nitrogens is 1. The summed E-state index contributed by atoms with van der Waals surface area (Å²) >= 11 is 1.76. The quantitative estimate of drug-likeness (QED) is 0.774. The molecule has 5 nitrogen and oxygen atoms in total. The van der Waals surface area contributed by atoms with Gasteiger partial charge in [0.15, 0.2) is 0 Å². The molecule has 0 bridgehead atoms. The molecule has 0 aliphatic carbocycles. The number of aryl methyl sites for hydroxylation is 1. The van der Waals surface area contributed by atoms with Gasteiger partial charge in [-0.05, 0) is 30.0 Å². The number of benzene rings is 1. The van der Waals surface area contributed by atoms with E-state index in [4.69, 9.17) is 0 Å². The van der Waals surface area contributed by atoms with Crippen LogP contribution in [0.2, 0.25) is 0 Å². The molecule has 0 spiro atoms. The molecule has 1 amide bonds. The monoisotopic (exact) mass is 367 g/mol. The number of hydrogen-bond donors (Lipinski definition) is 1. The Bertz CT molecular complexity index is 986. The smallest absolute Gasteiger partial charge is 0.259 e. The maximum Gasteiger partial charge on any atom is 0.259 e. The van der Waals surface area contributed by atoms with Gasteiger partial charge in [-0.25, -0.2) is 0 Å². The summed E-state index contributed by atoms with van der Waals surface area (Å²) in [7, 11) is 0. The molecule has 1 aliphatic heterocycles. The Morgan fingerprint density at radius 2 is 1.96 bits per heavy atom. The molecular weight excluding hydrogens is 346 g/mol. The fraction of sp³-hybridized carbons (Fsp3) is 0.300. The van der Waals surface area contributed by atoms with Crippen molar-refractivity contribution in [3.8, 4) is 0 Å². The molecule has 2 aromatic heterocycles. The zero-order chi connectivity index (χ0) is 18.1. The van der Waals surface area contributed by atoms with Gasteiger partial charge in [0.2, 0.25) is 5.43 Å². The van der Waals surface area contributed by atoms with Crippen LogP contribution in [-0.4, -0.2) is 46.9 Å². The van der Waals surface area contributed by atoms with Crippen molar-refractivity contribution >= 4 is 28.1 Å². The van der Waals surface area contributed by atoms with Crippen LogP contribution in [0.15, 0.2) is 46.7 Å². The van der Waals surface area contributed by atoms with Crippen molar-refractivity contribution in [2.45, 2.75) is 13.5 Å². The summed E-state index contributed by atoms with van der Waals surface area (Å²) in [6.07, 6.45) is 1.57. The largest absolute Gasteiger partial charge is 0.360 e. The van der Waals surface area contributed by atoms with Crippen molar-refractivity contribution in [1.82, 2.24) is 14.8 Å². The minimum Gasteiger partial charge on any atom is -0.360 e. The van der Waals surface area contributed by atoms with Gasteiger partial charge in [-0.15, -0.1) is 11.3 Å². The number of amides is 1. The maximum absolute atomic E-state index is 12.9. The molecular formula is C20H21N3O2S. The molecule has 26 heavy (non-hydrogen) atoms. The Morgan fingerprint density at radius 1 is 1.15 bits per heavy atom. The molecule has 1 N–H and O–H groups in total. The molecule has 0 atom stereocenters. The fourth-order valence-electron chi connectivity index (χ4n) is 3.46. The van der Waals surface area contributed by atoms with E-state index in [9.17, 15) is 9.59 Å². The lowest BCUT2D eigenvalue weighted by atomic mass is 10.1. The highest BCUT2D eigenvalue weighted by Crippen LogP contribution is 2.16. The lowest BCUT2D eigenvalue weighted by Gasteiger charge is -2.34. The predicted molar refractivity (Wildman–Crippen MR) is 105 cm³/mol. The van der Waals surface area contributed by atoms with Crippen LogP contribution < -0.4 is 5.43 Å². The van der Waals surface area contributed by atoms with Crippen molar-refractivity contribution in [2.24, 2.45) is 0 Å². The number of H-pyrrole nitrogens is 1. The summed E-state index contributed by atoms with van der Waals surface area (Å²) in [5, 5.41) is 2.66. The van der Waals surface area contributed by atoms with Crippen LogP contribution in [0.3, 0.4) is 0 Å². The van der Waals surface area contributed by atoms with E-state index in [1.807, 2.05) is 19.1 Å². The van der Waals surface area contributed by atoms with Gasteiger partial charge in [0.1, 0.15) is 5.56 Å². The highest BCUT2D eigenvalue weighted by Gasteiger charge is 2.24. The molecule has 0 unspecified atom stereocenters. The second-order valence-corrected chi connectivity index (χ2v) is 7.71. The molecule has 1 saturated heterocycles. The molecule has 0 radical (unpaired) electrons. The molecule has 6 heteroatoms. The predicted octanol–water partition coefficient (Wildman–Crippen LogP) is 2.86. The molecule has 4 rings (SSSR count). The number of para-hydroxylation sites is 1. The van der Waals surface area contributed by atoms with Crippen LogP contribution in [0.5, 0.6) is 0 Å². The third-order valence-electron chi connectivity index (χ3n) is 4.97. The zero-order valence-electron chi connectivity index (χ0n) is 14.7. The molecule has 3 heterocycles. The molecule has 1 fully saturated rings. The zero-order valence-corrected chi connectivity index (χ0v) is 15.5. The third kappa shape index (κ3) is 3.18. The molecule has 3 aromatic rings. The Balaban J connectivity index is 1.49. The lowest BCUT2D eigenvalue weighted by Crippen LogP contribution is -2.49. The second kappa shape index (κ2) is 7.05. The summed E-state index contributed by atoms with van der Waals surface area (Å²) in [6, 6.07) is 9.78. The van der Waals surface area contributed by atoms with E-state index < -0.39 is 0 Å². The number of carbonyl (C=O) groups is 1. The number of fused-ring (bicyclic) bond motifs is 1. The highest BCUT2D eigenvalue weighted by molar-refractivity contribution is 7.09. The highest BCUT2D eigenvalue weighted by atomic mass is 32.1. The average Bonchev–Trinajstić information content (AvgIpc) is 3.16. The second-order valence-electron chi connectivity index (χ2n) is 6.68. The standard InChI is InChI=1S/C20H21N3O2S/c1-14-4-2-6-16-18(14)21-12-17(19(16)24)20(25)23-9-7-22(8-10-23)13-15-5-3-11-26-15/h2-6,11-12H,7-10,13H2,1H3,(H,21,24). The van der Waals surface area contributed by atoms with Crippen molar-refractivity contribution in [3.05, 3.63) is 68.1 Å². The Morgan fingerprint density at radius 3 is 2.69 bits per heavy atom.